The zero-order valence-corrected chi connectivity index (χ0v) is 10.1. The Balaban J connectivity index is 1.94. The molecule has 1 saturated heterocycles. The van der Waals surface area contributed by atoms with Crippen LogP contribution in [0.15, 0.2) is 18.2 Å². The maximum absolute atomic E-state index is 13.1. The molecule has 0 aromatic heterocycles. The third-order valence-electron chi connectivity index (χ3n) is 3.10. The fraction of sp³-hybridized carbons (Fsp3) is 0.500. The van der Waals surface area contributed by atoms with Crippen LogP contribution < -0.4 is 5.32 Å². The first-order valence-corrected chi connectivity index (χ1v) is 6.07. The molecule has 0 saturated carbocycles. The van der Waals surface area contributed by atoms with Gasteiger partial charge in [0.05, 0.1) is 4.92 Å². The van der Waals surface area contributed by atoms with E-state index in [9.17, 15) is 14.5 Å². The lowest BCUT2D eigenvalue weighted by molar-refractivity contribution is -0.384. The number of nitro benzene ring substituents is 1. The van der Waals surface area contributed by atoms with Crippen molar-refractivity contribution in [3.63, 3.8) is 0 Å². The summed E-state index contributed by atoms with van der Waals surface area (Å²) in [6.45, 7) is 3.57. The lowest BCUT2D eigenvalue weighted by Crippen LogP contribution is -2.26. The third-order valence-corrected chi connectivity index (χ3v) is 3.10. The van der Waals surface area contributed by atoms with Gasteiger partial charge in [-0.2, -0.15) is 0 Å². The molecule has 98 valence electrons. The lowest BCUT2D eigenvalue weighted by Gasteiger charge is -2.15. The van der Waals surface area contributed by atoms with Gasteiger partial charge in [-0.15, -0.1) is 0 Å². The van der Waals surface area contributed by atoms with Crippen LogP contribution in [0.2, 0.25) is 0 Å². The van der Waals surface area contributed by atoms with Gasteiger partial charge in [-0.05, 0) is 32.0 Å². The van der Waals surface area contributed by atoms with Crippen LogP contribution in [0, 0.1) is 15.9 Å². The highest BCUT2D eigenvalue weighted by atomic mass is 19.1. The van der Waals surface area contributed by atoms with E-state index >= 15 is 0 Å². The number of benzene rings is 1. The molecule has 0 atom stereocenters. The number of nitrogens with one attached hydrogen (secondary N) is 1. The van der Waals surface area contributed by atoms with Crippen LogP contribution in [0.1, 0.15) is 12.8 Å². The number of anilines is 1. The van der Waals surface area contributed by atoms with Crippen molar-refractivity contribution in [2.75, 3.05) is 31.5 Å². The summed E-state index contributed by atoms with van der Waals surface area (Å²) in [6.07, 6.45) is 2.42. The minimum absolute atomic E-state index is 0.0854. The van der Waals surface area contributed by atoms with Gasteiger partial charge in [0.15, 0.2) is 0 Å². The number of likely N-dealkylation sites (tertiary alicyclic amines) is 1. The highest BCUT2D eigenvalue weighted by molar-refractivity contribution is 5.61. The molecule has 2 rings (SSSR count). The number of nitrogens with zero attached hydrogens (tertiary/aromatic N) is 2. The van der Waals surface area contributed by atoms with Gasteiger partial charge in [-0.1, -0.05) is 0 Å². The van der Waals surface area contributed by atoms with Gasteiger partial charge in [0.1, 0.15) is 11.5 Å². The van der Waals surface area contributed by atoms with E-state index in [2.05, 4.69) is 10.2 Å². The minimum atomic E-state index is -0.502. The molecular formula is C12H16FN3O2. The smallest absolute Gasteiger partial charge is 0.292 e. The molecule has 0 unspecified atom stereocenters. The van der Waals surface area contributed by atoms with Crippen molar-refractivity contribution in [2.24, 2.45) is 0 Å². The number of rotatable bonds is 5. The molecule has 0 bridgehead atoms. The van der Waals surface area contributed by atoms with Crippen molar-refractivity contribution in [1.82, 2.24) is 4.90 Å². The van der Waals surface area contributed by atoms with Gasteiger partial charge in [0.25, 0.3) is 5.69 Å². The predicted molar refractivity (Wildman–Crippen MR) is 67.2 cm³/mol. The van der Waals surface area contributed by atoms with Gasteiger partial charge in [0.2, 0.25) is 0 Å². The molecular weight excluding hydrogens is 237 g/mol. The first kappa shape index (κ1) is 12.8. The average molecular weight is 253 g/mol. The zero-order valence-electron chi connectivity index (χ0n) is 10.1. The highest BCUT2D eigenvalue weighted by Crippen LogP contribution is 2.24. The Morgan fingerprint density at radius 3 is 2.78 bits per heavy atom. The molecule has 1 N–H and O–H groups in total. The van der Waals surface area contributed by atoms with Crippen LogP contribution >= 0.6 is 0 Å². The Morgan fingerprint density at radius 1 is 1.39 bits per heavy atom. The minimum Gasteiger partial charge on any atom is -0.378 e. The van der Waals surface area contributed by atoms with Crippen LogP contribution in [0.4, 0.5) is 15.8 Å². The van der Waals surface area contributed by atoms with Crippen LogP contribution in [0.5, 0.6) is 0 Å². The van der Waals surface area contributed by atoms with Crippen molar-refractivity contribution >= 4 is 11.4 Å². The molecule has 0 spiro atoms. The molecule has 0 aliphatic carbocycles. The SMILES string of the molecule is O=[N+]([O-])c1ccc(F)cc1NCCN1CCCC1. The molecule has 1 heterocycles. The van der Waals surface area contributed by atoms with Crippen LogP contribution in [-0.2, 0) is 0 Å². The topological polar surface area (TPSA) is 58.4 Å². The highest BCUT2D eigenvalue weighted by Gasteiger charge is 2.15. The molecule has 1 fully saturated rings. The second kappa shape index (κ2) is 5.77. The number of hydrogen-bond acceptors (Lipinski definition) is 4. The second-order valence-electron chi connectivity index (χ2n) is 4.39. The van der Waals surface area contributed by atoms with Gasteiger partial charge >= 0.3 is 0 Å². The van der Waals surface area contributed by atoms with Gasteiger partial charge < -0.3 is 10.2 Å². The average Bonchev–Trinajstić information content (AvgIpc) is 2.82. The van der Waals surface area contributed by atoms with Crippen LogP contribution in [-0.4, -0.2) is 36.0 Å². The molecule has 1 aliphatic heterocycles. The summed E-state index contributed by atoms with van der Waals surface area (Å²) in [5.74, 6) is -0.468. The first-order chi connectivity index (χ1) is 8.66. The van der Waals surface area contributed by atoms with E-state index in [1.54, 1.807) is 0 Å². The largest absolute Gasteiger partial charge is 0.378 e. The van der Waals surface area contributed by atoms with Gasteiger partial charge in [0, 0.05) is 25.2 Å². The second-order valence-corrected chi connectivity index (χ2v) is 4.39. The summed E-state index contributed by atoms with van der Waals surface area (Å²) in [4.78, 5) is 12.6. The monoisotopic (exact) mass is 253 g/mol. The van der Waals surface area contributed by atoms with Gasteiger partial charge in [-0.3, -0.25) is 10.1 Å². The van der Waals surface area contributed by atoms with E-state index in [-0.39, 0.29) is 11.4 Å². The number of hydrogen-bond donors (Lipinski definition) is 1. The Hall–Kier alpha value is -1.69. The van der Waals surface area contributed by atoms with E-state index in [0.717, 1.165) is 25.7 Å². The Labute approximate surface area is 105 Å². The van der Waals surface area contributed by atoms with E-state index in [4.69, 9.17) is 0 Å². The molecule has 0 amide bonds. The molecule has 1 aromatic rings. The fourth-order valence-electron chi connectivity index (χ4n) is 2.16. The summed E-state index contributed by atoms with van der Waals surface area (Å²) in [6, 6.07) is 3.46. The van der Waals surface area contributed by atoms with E-state index < -0.39 is 10.7 Å². The Morgan fingerprint density at radius 2 is 2.11 bits per heavy atom. The Bertz CT molecular complexity index is 433. The Kier molecular flexibility index (Phi) is 4.09. The molecule has 1 aliphatic rings. The summed E-state index contributed by atoms with van der Waals surface area (Å²) in [5, 5.41) is 13.7. The maximum Gasteiger partial charge on any atom is 0.292 e. The van der Waals surface area contributed by atoms with Crippen LogP contribution in [0.3, 0.4) is 0 Å². The predicted octanol–water partition coefficient (Wildman–Crippen LogP) is 2.24. The molecule has 18 heavy (non-hydrogen) atoms. The molecule has 6 heteroatoms. The summed E-state index contributed by atoms with van der Waals surface area (Å²) < 4.78 is 13.1. The van der Waals surface area contributed by atoms with Crippen molar-refractivity contribution in [2.45, 2.75) is 12.8 Å². The zero-order chi connectivity index (χ0) is 13.0. The molecule has 0 radical (unpaired) electrons. The fourth-order valence-corrected chi connectivity index (χ4v) is 2.16. The van der Waals surface area contributed by atoms with Crippen molar-refractivity contribution < 1.29 is 9.31 Å². The number of nitro groups is 1. The van der Waals surface area contributed by atoms with E-state index in [1.807, 2.05) is 0 Å². The standard InChI is InChI=1S/C12H16FN3O2/c13-10-3-4-12(16(17)18)11(9-10)14-5-8-15-6-1-2-7-15/h3-4,9,14H,1-2,5-8H2. The summed E-state index contributed by atoms with van der Waals surface area (Å²) >= 11 is 0. The normalized spacial score (nSPS) is 15.8. The van der Waals surface area contributed by atoms with Gasteiger partial charge in [-0.25, -0.2) is 4.39 Å². The van der Waals surface area contributed by atoms with Crippen molar-refractivity contribution in [3.8, 4) is 0 Å². The summed E-state index contributed by atoms with van der Waals surface area (Å²) in [7, 11) is 0. The lowest BCUT2D eigenvalue weighted by atomic mass is 10.2. The van der Waals surface area contributed by atoms with Crippen molar-refractivity contribution in [1.29, 1.82) is 0 Å². The summed E-state index contributed by atoms with van der Waals surface area (Å²) in [5.41, 5.74) is 0.164. The van der Waals surface area contributed by atoms with Crippen molar-refractivity contribution in [3.05, 3.63) is 34.1 Å². The first-order valence-electron chi connectivity index (χ1n) is 6.07. The van der Waals surface area contributed by atoms with E-state index in [1.165, 1.54) is 25.0 Å². The number of halogens is 1. The maximum atomic E-state index is 13.1. The van der Waals surface area contributed by atoms with Crippen LogP contribution in [0.25, 0.3) is 0 Å². The molecule has 5 nitrogen and oxygen atoms in total. The quantitative estimate of drug-likeness (QED) is 0.646. The third kappa shape index (κ3) is 3.16. The van der Waals surface area contributed by atoms with E-state index in [0.29, 0.717) is 6.54 Å². The molecule has 1 aromatic carbocycles.